The Labute approximate surface area is 145 Å². The van der Waals surface area contributed by atoms with Gasteiger partial charge in [-0.1, -0.05) is 0 Å². The van der Waals surface area contributed by atoms with Crippen LogP contribution in [0.25, 0.3) is 10.8 Å². The highest BCUT2D eigenvalue weighted by Gasteiger charge is 2.18. The van der Waals surface area contributed by atoms with E-state index in [1.807, 2.05) is 0 Å². The SMILES string of the molecule is Cc1[nH]c(C)c2c(=[N+]3CCCCC3)ccc(N3CCCCC3)cc12. The molecule has 3 nitrogen and oxygen atoms in total. The highest BCUT2D eigenvalue weighted by molar-refractivity contribution is 5.89. The van der Waals surface area contributed by atoms with Crippen LogP contribution in [0.15, 0.2) is 18.2 Å². The first-order chi connectivity index (χ1) is 11.7. The monoisotopic (exact) mass is 324 g/mol. The number of H-pyrrole nitrogens is 1. The predicted molar refractivity (Wildman–Crippen MR) is 103 cm³/mol. The maximum atomic E-state index is 3.59. The fourth-order valence-corrected chi connectivity index (χ4v) is 4.50. The summed E-state index contributed by atoms with van der Waals surface area (Å²) >= 11 is 0. The van der Waals surface area contributed by atoms with Gasteiger partial charge in [0.25, 0.3) is 0 Å². The molecule has 0 amide bonds. The predicted octanol–water partition coefficient (Wildman–Crippen LogP) is 3.73. The summed E-state index contributed by atoms with van der Waals surface area (Å²) in [6.45, 7) is 9.24. The first kappa shape index (κ1) is 15.7. The average molecular weight is 324 g/mol. The molecule has 1 aromatic carbocycles. The number of hydrogen-bond acceptors (Lipinski definition) is 1. The molecule has 2 aromatic rings. The Bertz CT molecular complexity index is 802. The third-order valence-corrected chi connectivity index (χ3v) is 5.80. The van der Waals surface area contributed by atoms with Gasteiger partial charge in [0.2, 0.25) is 5.36 Å². The van der Waals surface area contributed by atoms with Crippen molar-refractivity contribution in [2.75, 3.05) is 31.1 Å². The van der Waals surface area contributed by atoms with Gasteiger partial charge in [-0.2, -0.15) is 0 Å². The number of nitrogens with one attached hydrogen (secondary N) is 1. The van der Waals surface area contributed by atoms with E-state index in [0.29, 0.717) is 0 Å². The minimum absolute atomic E-state index is 1.20. The van der Waals surface area contributed by atoms with Crippen LogP contribution < -0.4 is 14.8 Å². The standard InChI is InChI=1S/C21H29N3/c1-16-19-15-18(23-11-5-3-6-12-23)9-10-20(21(19)17(2)22-16)24-13-7-4-8-14-24/h9-10,15H,3-8,11-14H2,1-2H3/p+1. The van der Waals surface area contributed by atoms with Gasteiger partial charge in [0, 0.05) is 54.5 Å². The van der Waals surface area contributed by atoms with E-state index in [1.165, 1.54) is 97.9 Å². The van der Waals surface area contributed by atoms with E-state index in [1.54, 1.807) is 0 Å². The second-order valence-corrected chi connectivity index (χ2v) is 7.55. The molecule has 2 fully saturated rings. The van der Waals surface area contributed by atoms with Gasteiger partial charge in [-0.25, -0.2) is 4.58 Å². The van der Waals surface area contributed by atoms with Gasteiger partial charge < -0.3 is 9.88 Å². The van der Waals surface area contributed by atoms with E-state index in [4.69, 9.17) is 0 Å². The third kappa shape index (κ3) is 2.85. The third-order valence-electron chi connectivity index (χ3n) is 5.80. The zero-order valence-electron chi connectivity index (χ0n) is 15.2. The molecule has 0 unspecified atom stereocenters. The first-order valence-corrected chi connectivity index (χ1v) is 9.70. The van der Waals surface area contributed by atoms with E-state index in [0.717, 1.165) is 0 Å². The molecule has 2 saturated heterocycles. The first-order valence-electron chi connectivity index (χ1n) is 9.70. The molecule has 1 N–H and O–H groups in total. The van der Waals surface area contributed by atoms with Gasteiger partial charge >= 0.3 is 0 Å². The van der Waals surface area contributed by atoms with Crippen LogP contribution in [0.3, 0.4) is 0 Å². The Hall–Kier alpha value is -1.77. The van der Waals surface area contributed by atoms with E-state index in [2.05, 4.69) is 46.5 Å². The van der Waals surface area contributed by atoms with Crippen LogP contribution in [0.1, 0.15) is 49.9 Å². The van der Waals surface area contributed by atoms with Gasteiger partial charge in [-0.05, 0) is 51.7 Å². The molecule has 1 aromatic heterocycles. The summed E-state index contributed by atoms with van der Waals surface area (Å²) in [5.41, 5.74) is 4.00. The number of aryl methyl sites for hydroxylation is 2. The van der Waals surface area contributed by atoms with Crippen molar-refractivity contribution in [1.29, 1.82) is 0 Å². The quantitative estimate of drug-likeness (QED) is 0.793. The maximum absolute atomic E-state index is 3.59. The fraction of sp³-hybridized carbons (Fsp3) is 0.571. The van der Waals surface area contributed by atoms with Crippen molar-refractivity contribution in [3.05, 3.63) is 34.9 Å². The molecular weight excluding hydrogens is 294 g/mol. The molecule has 3 heteroatoms. The van der Waals surface area contributed by atoms with Crippen molar-refractivity contribution in [1.82, 2.24) is 9.56 Å². The van der Waals surface area contributed by atoms with Crippen molar-refractivity contribution in [2.24, 2.45) is 0 Å². The molecule has 0 saturated carbocycles. The number of fused-ring (bicyclic) bond motifs is 1. The second-order valence-electron chi connectivity index (χ2n) is 7.55. The Morgan fingerprint density at radius 3 is 2.33 bits per heavy atom. The largest absolute Gasteiger partial charge is 0.372 e. The van der Waals surface area contributed by atoms with Crippen LogP contribution in [0, 0.1) is 13.8 Å². The minimum atomic E-state index is 1.20. The number of hydrogen-bond donors (Lipinski definition) is 1. The van der Waals surface area contributed by atoms with Gasteiger partial charge in [-0.15, -0.1) is 0 Å². The van der Waals surface area contributed by atoms with Crippen LogP contribution in [0.5, 0.6) is 0 Å². The van der Waals surface area contributed by atoms with Crippen LogP contribution in [-0.2, 0) is 0 Å². The Balaban J connectivity index is 1.96. The molecule has 0 bridgehead atoms. The molecule has 3 heterocycles. The van der Waals surface area contributed by atoms with Crippen LogP contribution in [0.4, 0.5) is 5.69 Å². The number of nitrogens with zero attached hydrogens (tertiary/aromatic N) is 2. The second kappa shape index (κ2) is 6.62. The van der Waals surface area contributed by atoms with Gasteiger partial charge in [-0.3, -0.25) is 0 Å². The summed E-state index contributed by atoms with van der Waals surface area (Å²) in [7, 11) is 0. The minimum Gasteiger partial charge on any atom is -0.372 e. The van der Waals surface area contributed by atoms with Crippen LogP contribution in [-0.4, -0.2) is 31.2 Å². The maximum Gasteiger partial charge on any atom is 0.209 e. The van der Waals surface area contributed by atoms with Crippen molar-refractivity contribution in [2.45, 2.75) is 52.4 Å². The lowest BCUT2D eigenvalue weighted by molar-refractivity contribution is 0.453. The highest BCUT2D eigenvalue weighted by atomic mass is 15.1. The summed E-state index contributed by atoms with van der Waals surface area (Å²) in [5, 5.41) is 4.26. The van der Waals surface area contributed by atoms with E-state index >= 15 is 0 Å². The Kier molecular flexibility index (Phi) is 4.34. The number of anilines is 1. The molecule has 2 aliphatic heterocycles. The number of aromatic nitrogens is 1. The highest BCUT2D eigenvalue weighted by Crippen LogP contribution is 2.25. The van der Waals surface area contributed by atoms with Gasteiger partial charge in [0.05, 0.1) is 5.39 Å². The number of aromatic amines is 1. The molecule has 4 rings (SSSR count). The lowest BCUT2D eigenvalue weighted by Crippen LogP contribution is -2.34. The van der Waals surface area contributed by atoms with Gasteiger partial charge in [0.15, 0.2) is 0 Å². The topological polar surface area (TPSA) is 22.0 Å². The molecule has 24 heavy (non-hydrogen) atoms. The van der Waals surface area contributed by atoms with Gasteiger partial charge in [0.1, 0.15) is 13.1 Å². The summed E-state index contributed by atoms with van der Waals surface area (Å²) in [6, 6.07) is 7.18. The summed E-state index contributed by atoms with van der Waals surface area (Å²) in [5.74, 6) is 0. The van der Waals surface area contributed by atoms with E-state index < -0.39 is 0 Å². The Morgan fingerprint density at radius 1 is 0.875 bits per heavy atom. The molecule has 0 aliphatic carbocycles. The van der Waals surface area contributed by atoms with Crippen LogP contribution >= 0.6 is 0 Å². The van der Waals surface area contributed by atoms with Crippen molar-refractivity contribution >= 4 is 16.5 Å². The number of piperidine rings is 2. The smallest absolute Gasteiger partial charge is 0.209 e. The summed E-state index contributed by atoms with van der Waals surface area (Å²) in [6.07, 6.45) is 8.05. The van der Waals surface area contributed by atoms with Crippen molar-refractivity contribution in [3.63, 3.8) is 0 Å². The Morgan fingerprint density at radius 2 is 1.58 bits per heavy atom. The normalized spacial score (nSPS) is 19.1. The van der Waals surface area contributed by atoms with Crippen molar-refractivity contribution < 1.29 is 0 Å². The van der Waals surface area contributed by atoms with Crippen LogP contribution in [0.2, 0.25) is 0 Å². The zero-order valence-corrected chi connectivity index (χ0v) is 15.2. The summed E-state index contributed by atoms with van der Waals surface area (Å²) in [4.78, 5) is 6.17. The molecular formula is C21H30N3+. The fourth-order valence-electron chi connectivity index (χ4n) is 4.50. The number of rotatable bonds is 1. The molecule has 2 aliphatic rings. The summed E-state index contributed by atoms with van der Waals surface area (Å²) < 4.78 is 2.60. The van der Waals surface area contributed by atoms with Crippen molar-refractivity contribution in [3.8, 4) is 0 Å². The molecule has 0 atom stereocenters. The van der Waals surface area contributed by atoms with E-state index in [9.17, 15) is 0 Å². The molecule has 0 spiro atoms. The lowest BCUT2D eigenvalue weighted by Gasteiger charge is -2.28. The molecule has 0 radical (unpaired) electrons. The van der Waals surface area contributed by atoms with E-state index in [-0.39, 0.29) is 0 Å². The average Bonchev–Trinajstić information content (AvgIpc) is 2.80. The molecule has 128 valence electrons. The lowest BCUT2D eigenvalue weighted by atomic mass is 10.1. The zero-order chi connectivity index (χ0) is 16.5.